The Balaban J connectivity index is 1.10. The molecule has 3 heterocycles. The van der Waals surface area contributed by atoms with Crippen molar-refractivity contribution in [3.8, 4) is 39.1 Å². The number of rotatable bonds is 4. The van der Waals surface area contributed by atoms with Crippen LogP contribution in [0.3, 0.4) is 0 Å². The van der Waals surface area contributed by atoms with Crippen LogP contribution in [0.4, 0.5) is 0 Å². The fourth-order valence-corrected chi connectivity index (χ4v) is 8.35. The fourth-order valence-electron chi connectivity index (χ4n) is 8.35. The van der Waals surface area contributed by atoms with Crippen LogP contribution in [0.5, 0.6) is 0 Å². The van der Waals surface area contributed by atoms with E-state index in [2.05, 4.69) is 174 Å². The van der Waals surface area contributed by atoms with E-state index in [0.29, 0.717) is 0 Å². The molecule has 0 radical (unpaired) electrons. The summed E-state index contributed by atoms with van der Waals surface area (Å²) < 4.78 is 8.95. The summed E-state index contributed by atoms with van der Waals surface area (Å²) in [5.41, 5.74) is 12.1. The number of furan rings is 1. The molecule has 0 atom stereocenters. The first kappa shape index (κ1) is 28.8. The fraction of sp³-hybridized carbons (Fsp3) is 0. The number of aromatic nitrogens is 2. The Labute approximate surface area is 299 Å². The molecule has 0 aliphatic heterocycles. The van der Waals surface area contributed by atoms with Crippen LogP contribution in [0.25, 0.3) is 104 Å². The summed E-state index contributed by atoms with van der Waals surface area (Å²) >= 11 is 0. The molecule has 8 aromatic carbocycles. The summed E-state index contributed by atoms with van der Waals surface area (Å²) in [7, 11) is 0. The molecule has 3 nitrogen and oxygen atoms in total. The molecule has 11 rings (SSSR count). The molecule has 11 aromatic rings. The number of para-hydroxylation sites is 1. The van der Waals surface area contributed by atoms with E-state index in [4.69, 9.17) is 9.40 Å². The maximum atomic E-state index is 6.72. The summed E-state index contributed by atoms with van der Waals surface area (Å²) in [6.45, 7) is 0. The highest BCUT2D eigenvalue weighted by atomic mass is 16.3. The van der Waals surface area contributed by atoms with E-state index < -0.39 is 0 Å². The number of fused-ring (bicyclic) bond motifs is 8. The molecule has 52 heavy (non-hydrogen) atoms. The Morgan fingerprint density at radius 3 is 1.65 bits per heavy atom. The first-order chi connectivity index (χ1) is 25.8. The molecule has 0 saturated heterocycles. The normalized spacial score (nSPS) is 11.8. The van der Waals surface area contributed by atoms with E-state index in [0.717, 1.165) is 49.7 Å². The minimum absolute atomic E-state index is 0.856. The van der Waals surface area contributed by atoms with Gasteiger partial charge in [-0.15, -0.1) is 0 Å². The maximum absolute atomic E-state index is 6.72. The van der Waals surface area contributed by atoms with Crippen LogP contribution in [-0.4, -0.2) is 9.55 Å². The van der Waals surface area contributed by atoms with Crippen LogP contribution in [0.1, 0.15) is 0 Å². The number of pyridine rings is 1. The highest BCUT2D eigenvalue weighted by Crippen LogP contribution is 2.45. The minimum Gasteiger partial charge on any atom is -0.456 e. The monoisotopic (exact) mass is 662 g/mol. The van der Waals surface area contributed by atoms with Crippen molar-refractivity contribution in [2.45, 2.75) is 0 Å². The molecule has 242 valence electrons. The molecule has 0 aliphatic carbocycles. The number of nitrogens with zero attached hydrogens (tertiary/aromatic N) is 2. The SMILES string of the molecule is c1ccc(-c2cccc(-c3c4ccccc4c(-c4ccc5c(c4)oc4cc(-n6c7ccccc7c7cccnc76)ccc45)c4ccccc34)c2)cc1. The zero-order valence-corrected chi connectivity index (χ0v) is 28.1. The highest BCUT2D eigenvalue weighted by Gasteiger charge is 2.19. The standard InChI is InChI=1S/C49H30N2O/c1-2-12-31(13-3-1)32-14-10-15-33(28-32)47-39-17-4-6-19-41(39)48(42-20-7-5-18-40(42)47)34-23-25-37-38-26-24-35(30-46(38)52-45(37)29-34)51-44-22-9-8-16-36(44)43-21-11-27-50-49(43)51/h1-30H. The van der Waals surface area contributed by atoms with Gasteiger partial charge in [0, 0.05) is 33.8 Å². The smallest absolute Gasteiger partial charge is 0.145 e. The minimum atomic E-state index is 0.856. The second kappa shape index (κ2) is 11.3. The number of benzene rings is 8. The summed E-state index contributed by atoms with van der Waals surface area (Å²) in [5.74, 6) is 0. The average molecular weight is 663 g/mol. The van der Waals surface area contributed by atoms with E-state index in [1.807, 2.05) is 12.3 Å². The van der Waals surface area contributed by atoms with Crippen LogP contribution in [0.2, 0.25) is 0 Å². The van der Waals surface area contributed by atoms with E-state index >= 15 is 0 Å². The summed E-state index contributed by atoms with van der Waals surface area (Å²) in [5, 5.41) is 9.44. The van der Waals surface area contributed by atoms with Crippen molar-refractivity contribution in [3.05, 3.63) is 182 Å². The van der Waals surface area contributed by atoms with Crippen LogP contribution < -0.4 is 0 Å². The van der Waals surface area contributed by atoms with Gasteiger partial charge in [-0.3, -0.25) is 4.57 Å². The Morgan fingerprint density at radius 2 is 0.923 bits per heavy atom. The van der Waals surface area contributed by atoms with Gasteiger partial charge in [-0.05, 0) is 103 Å². The Hall–Kier alpha value is -6.97. The largest absolute Gasteiger partial charge is 0.456 e. The second-order valence-electron chi connectivity index (χ2n) is 13.5. The first-order valence-corrected chi connectivity index (χ1v) is 17.7. The van der Waals surface area contributed by atoms with Gasteiger partial charge in [0.25, 0.3) is 0 Å². The van der Waals surface area contributed by atoms with Crippen molar-refractivity contribution in [1.29, 1.82) is 0 Å². The summed E-state index contributed by atoms with van der Waals surface area (Å²) in [6.07, 6.45) is 1.86. The van der Waals surface area contributed by atoms with Gasteiger partial charge in [-0.25, -0.2) is 4.98 Å². The van der Waals surface area contributed by atoms with E-state index in [1.54, 1.807) is 0 Å². The van der Waals surface area contributed by atoms with Crippen LogP contribution in [-0.2, 0) is 0 Å². The van der Waals surface area contributed by atoms with Gasteiger partial charge >= 0.3 is 0 Å². The van der Waals surface area contributed by atoms with Crippen LogP contribution >= 0.6 is 0 Å². The van der Waals surface area contributed by atoms with Crippen molar-refractivity contribution < 1.29 is 4.42 Å². The quantitative estimate of drug-likeness (QED) is 0.176. The van der Waals surface area contributed by atoms with Crippen molar-refractivity contribution >= 4 is 65.4 Å². The average Bonchev–Trinajstić information content (AvgIpc) is 3.75. The van der Waals surface area contributed by atoms with Crippen molar-refractivity contribution in [2.75, 3.05) is 0 Å². The third-order valence-corrected chi connectivity index (χ3v) is 10.6. The molecule has 0 aliphatic rings. The van der Waals surface area contributed by atoms with Gasteiger partial charge in [0.15, 0.2) is 0 Å². The van der Waals surface area contributed by atoms with E-state index in [-0.39, 0.29) is 0 Å². The van der Waals surface area contributed by atoms with Gasteiger partial charge in [0.1, 0.15) is 16.8 Å². The topological polar surface area (TPSA) is 31.0 Å². The Kier molecular flexibility index (Phi) is 6.25. The number of hydrogen-bond acceptors (Lipinski definition) is 2. The van der Waals surface area contributed by atoms with Gasteiger partial charge in [-0.1, -0.05) is 121 Å². The molecule has 0 saturated carbocycles. The number of hydrogen-bond donors (Lipinski definition) is 0. The lowest BCUT2D eigenvalue weighted by Crippen LogP contribution is -1.94. The Bertz CT molecular complexity index is 3080. The van der Waals surface area contributed by atoms with Gasteiger partial charge in [0.2, 0.25) is 0 Å². The molecule has 3 aromatic heterocycles. The van der Waals surface area contributed by atoms with Crippen LogP contribution in [0, 0.1) is 0 Å². The molecule has 0 spiro atoms. The lowest BCUT2D eigenvalue weighted by atomic mass is 9.85. The zero-order valence-electron chi connectivity index (χ0n) is 28.1. The third kappa shape index (κ3) is 4.30. The molecule has 0 bridgehead atoms. The maximum Gasteiger partial charge on any atom is 0.145 e. The molecular weight excluding hydrogens is 633 g/mol. The van der Waals surface area contributed by atoms with Gasteiger partial charge in [0.05, 0.1) is 11.2 Å². The Morgan fingerprint density at radius 1 is 0.365 bits per heavy atom. The van der Waals surface area contributed by atoms with Crippen molar-refractivity contribution in [2.24, 2.45) is 0 Å². The first-order valence-electron chi connectivity index (χ1n) is 17.7. The lowest BCUT2D eigenvalue weighted by Gasteiger charge is -2.18. The highest BCUT2D eigenvalue weighted by molar-refractivity contribution is 6.22. The zero-order chi connectivity index (χ0) is 34.2. The van der Waals surface area contributed by atoms with Crippen LogP contribution in [0.15, 0.2) is 187 Å². The molecule has 0 fully saturated rings. The molecule has 0 amide bonds. The molecule has 3 heteroatoms. The summed E-state index contributed by atoms with van der Waals surface area (Å²) in [6, 6.07) is 63.1. The molecular formula is C49H30N2O. The second-order valence-corrected chi connectivity index (χ2v) is 13.5. The molecule has 0 N–H and O–H groups in total. The predicted molar refractivity (Wildman–Crippen MR) is 217 cm³/mol. The third-order valence-electron chi connectivity index (χ3n) is 10.6. The van der Waals surface area contributed by atoms with E-state index in [1.165, 1.54) is 54.7 Å². The molecule has 0 unspecified atom stereocenters. The van der Waals surface area contributed by atoms with Gasteiger partial charge in [-0.2, -0.15) is 0 Å². The van der Waals surface area contributed by atoms with Gasteiger partial charge < -0.3 is 4.42 Å². The summed E-state index contributed by atoms with van der Waals surface area (Å²) in [4.78, 5) is 4.79. The van der Waals surface area contributed by atoms with Crippen molar-refractivity contribution in [3.63, 3.8) is 0 Å². The van der Waals surface area contributed by atoms with E-state index in [9.17, 15) is 0 Å². The predicted octanol–water partition coefficient (Wildman–Crippen LogP) is 13.4. The van der Waals surface area contributed by atoms with Crippen molar-refractivity contribution in [1.82, 2.24) is 9.55 Å². The lowest BCUT2D eigenvalue weighted by molar-refractivity contribution is 0.669.